The monoisotopic (exact) mass is 346 g/mol. The summed E-state index contributed by atoms with van der Waals surface area (Å²) >= 11 is 0. The molecule has 0 aliphatic heterocycles. The highest BCUT2D eigenvalue weighted by atomic mass is 19.3. The van der Waals surface area contributed by atoms with Crippen LogP contribution in [0.2, 0.25) is 0 Å². The first-order valence-corrected chi connectivity index (χ1v) is 6.85. The van der Waals surface area contributed by atoms with Crippen LogP contribution in [0.3, 0.4) is 0 Å². The van der Waals surface area contributed by atoms with E-state index in [2.05, 4.69) is 0 Å². The van der Waals surface area contributed by atoms with Crippen LogP contribution in [0.5, 0.6) is 0 Å². The third-order valence-electron chi connectivity index (χ3n) is 4.30. The molecule has 1 aliphatic rings. The lowest BCUT2D eigenvalue weighted by atomic mass is 9.55. The van der Waals surface area contributed by atoms with E-state index in [9.17, 15) is 17.6 Å². The molecule has 0 bridgehead atoms. The number of rotatable bonds is 2. The van der Waals surface area contributed by atoms with Crippen LogP contribution < -0.4 is 11.5 Å². The number of anilines is 2. The van der Waals surface area contributed by atoms with Crippen molar-refractivity contribution in [3.63, 3.8) is 0 Å². The van der Waals surface area contributed by atoms with Crippen molar-refractivity contribution in [3.8, 4) is 0 Å². The number of halogens is 6. The average molecular weight is 346 g/mol. The van der Waals surface area contributed by atoms with Gasteiger partial charge in [0.25, 0.3) is 0 Å². The highest BCUT2D eigenvalue weighted by Crippen LogP contribution is 2.76. The van der Waals surface area contributed by atoms with E-state index in [1.165, 1.54) is 12.1 Å². The lowest BCUT2D eigenvalue weighted by Gasteiger charge is -2.58. The lowest BCUT2D eigenvalue weighted by Crippen LogP contribution is -2.82. The van der Waals surface area contributed by atoms with Crippen molar-refractivity contribution in [2.45, 2.75) is 23.2 Å². The Morgan fingerprint density at radius 3 is 1.21 bits per heavy atom. The Labute approximate surface area is 133 Å². The lowest BCUT2D eigenvalue weighted by molar-refractivity contribution is -0.451. The zero-order chi connectivity index (χ0) is 18.0. The number of nitrogen functional groups attached to an aromatic ring is 2. The molecule has 2 aromatic carbocycles. The molecule has 8 heteroatoms. The molecule has 3 rings (SSSR count). The van der Waals surface area contributed by atoms with Crippen molar-refractivity contribution >= 4 is 11.4 Å². The van der Waals surface area contributed by atoms with Gasteiger partial charge in [-0.3, -0.25) is 0 Å². The summed E-state index contributed by atoms with van der Waals surface area (Å²) in [5, 5.41) is 0. The molecular weight excluding hydrogens is 334 g/mol. The summed E-state index contributed by atoms with van der Waals surface area (Å²) in [5.41, 5.74) is -0.0591. The minimum Gasteiger partial charge on any atom is -0.399 e. The standard InChI is InChI=1S/C16H12F6N2/c17-13(9-3-1-5-11(23)7-9)14(18,16(21,22)15(13,19)20)10-4-2-6-12(24)8-10/h1-8H,23-24H2. The summed E-state index contributed by atoms with van der Waals surface area (Å²) in [4.78, 5) is 0. The molecule has 0 aromatic heterocycles. The van der Waals surface area contributed by atoms with Crippen molar-refractivity contribution < 1.29 is 26.3 Å². The van der Waals surface area contributed by atoms with Crippen molar-refractivity contribution in [1.82, 2.24) is 0 Å². The van der Waals surface area contributed by atoms with Crippen LogP contribution >= 0.6 is 0 Å². The number of alkyl halides is 6. The Hall–Kier alpha value is -2.38. The largest absolute Gasteiger partial charge is 0.399 e. The maximum absolute atomic E-state index is 15.3. The van der Waals surface area contributed by atoms with E-state index < -0.39 is 34.3 Å². The van der Waals surface area contributed by atoms with Crippen LogP contribution in [0.1, 0.15) is 11.1 Å². The highest BCUT2D eigenvalue weighted by molar-refractivity contribution is 5.54. The Balaban J connectivity index is 2.30. The summed E-state index contributed by atoms with van der Waals surface area (Å²) in [6.45, 7) is 0. The molecule has 1 saturated carbocycles. The maximum Gasteiger partial charge on any atom is 0.355 e. The topological polar surface area (TPSA) is 52.0 Å². The van der Waals surface area contributed by atoms with Gasteiger partial charge in [0.1, 0.15) is 0 Å². The molecule has 2 unspecified atom stereocenters. The number of nitrogens with two attached hydrogens (primary N) is 2. The van der Waals surface area contributed by atoms with E-state index in [1.54, 1.807) is 0 Å². The second-order valence-electron chi connectivity index (χ2n) is 5.72. The predicted molar refractivity (Wildman–Crippen MR) is 77.2 cm³/mol. The van der Waals surface area contributed by atoms with Gasteiger partial charge in [-0.25, -0.2) is 8.78 Å². The van der Waals surface area contributed by atoms with Gasteiger partial charge in [0.2, 0.25) is 11.3 Å². The van der Waals surface area contributed by atoms with E-state index in [0.29, 0.717) is 12.1 Å². The van der Waals surface area contributed by atoms with E-state index in [4.69, 9.17) is 11.5 Å². The molecule has 2 atom stereocenters. The fourth-order valence-corrected chi connectivity index (χ4v) is 3.07. The highest BCUT2D eigenvalue weighted by Gasteiger charge is 2.98. The quantitative estimate of drug-likeness (QED) is 0.634. The summed E-state index contributed by atoms with van der Waals surface area (Å²) in [7, 11) is 0. The molecule has 24 heavy (non-hydrogen) atoms. The first-order valence-electron chi connectivity index (χ1n) is 6.85. The minimum atomic E-state index is -5.27. The van der Waals surface area contributed by atoms with Gasteiger partial charge in [-0.15, -0.1) is 0 Å². The fourth-order valence-electron chi connectivity index (χ4n) is 3.07. The predicted octanol–water partition coefficient (Wildman–Crippen LogP) is 4.17. The molecule has 4 N–H and O–H groups in total. The van der Waals surface area contributed by atoms with Crippen molar-refractivity contribution in [3.05, 3.63) is 59.7 Å². The summed E-state index contributed by atoms with van der Waals surface area (Å²) < 4.78 is 86.6. The number of hydrogen-bond acceptors (Lipinski definition) is 2. The van der Waals surface area contributed by atoms with Crippen LogP contribution in [-0.2, 0) is 11.3 Å². The molecule has 128 valence electrons. The van der Waals surface area contributed by atoms with Gasteiger partial charge in [0.05, 0.1) is 0 Å². The van der Waals surface area contributed by atoms with Gasteiger partial charge in [-0.05, 0) is 24.3 Å². The molecule has 0 spiro atoms. The van der Waals surface area contributed by atoms with E-state index >= 15 is 8.78 Å². The zero-order valence-electron chi connectivity index (χ0n) is 12.0. The number of benzene rings is 2. The summed E-state index contributed by atoms with van der Waals surface area (Å²) in [6, 6.07) is 7.65. The molecule has 0 heterocycles. The second kappa shape index (κ2) is 4.58. The first-order chi connectivity index (χ1) is 11.0. The van der Waals surface area contributed by atoms with E-state index in [1.807, 2.05) is 0 Å². The van der Waals surface area contributed by atoms with Gasteiger partial charge >= 0.3 is 11.8 Å². The third-order valence-corrected chi connectivity index (χ3v) is 4.30. The number of hydrogen-bond donors (Lipinski definition) is 2. The molecule has 2 nitrogen and oxygen atoms in total. The Kier molecular flexibility index (Phi) is 3.15. The van der Waals surface area contributed by atoms with E-state index in [0.717, 1.165) is 24.3 Å². The summed E-state index contributed by atoms with van der Waals surface area (Å²) in [6.07, 6.45) is 0. The third kappa shape index (κ3) is 1.58. The SMILES string of the molecule is Nc1cccc(C2(F)C(F)(F)C(F)(F)C2(F)c2cccc(N)c2)c1. The van der Waals surface area contributed by atoms with Crippen LogP contribution in [0.15, 0.2) is 48.5 Å². The van der Waals surface area contributed by atoms with Crippen molar-refractivity contribution in [2.75, 3.05) is 11.5 Å². The van der Waals surface area contributed by atoms with Crippen LogP contribution in [0.4, 0.5) is 37.7 Å². The van der Waals surface area contributed by atoms with Crippen molar-refractivity contribution in [1.29, 1.82) is 0 Å². The van der Waals surface area contributed by atoms with Gasteiger partial charge in [0.15, 0.2) is 0 Å². The van der Waals surface area contributed by atoms with Gasteiger partial charge < -0.3 is 11.5 Å². The van der Waals surface area contributed by atoms with Crippen LogP contribution in [0.25, 0.3) is 0 Å². The molecular formula is C16H12F6N2. The van der Waals surface area contributed by atoms with Crippen molar-refractivity contribution in [2.24, 2.45) is 0 Å². The summed E-state index contributed by atoms with van der Waals surface area (Å²) in [5.74, 6) is -10.5. The molecule has 1 fully saturated rings. The van der Waals surface area contributed by atoms with Crippen LogP contribution in [0, 0.1) is 0 Å². The molecule has 0 amide bonds. The Bertz CT molecular complexity index is 741. The molecule has 0 saturated heterocycles. The van der Waals surface area contributed by atoms with Crippen LogP contribution in [-0.4, -0.2) is 11.8 Å². The molecule has 1 aliphatic carbocycles. The average Bonchev–Trinajstić information content (AvgIpc) is 2.52. The van der Waals surface area contributed by atoms with Gasteiger partial charge in [0, 0.05) is 22.5 Å². The smallest absolute Gasteiger partial charge is 0.355 e. The van der Waals surface area contributed by atoms with E-state index in [-0.39, 0.29) is 11.4 Å². The van der Waals surface area contributed by atoms with Gasteiger partial charge in [-0.2, -0.15) is 17.6 Å². The normalized spacial score (nSPS) is 30.6. The molecule has 0 radical (unpaired) electrons. The fraction of sp³-hybridized carbons (Fsp3) is 0.250. The Morgan fingerprint density at radius 1 is 0.583 bits per heavy atom. The molecule has 2 aromatic rings. The maximum atomic E-state index is 15.3. The van der Waals surface area contributed by atoms with Gasteiger partial charge in [-0.1, -0.05) is 24.3 Å². The Morgan fingerprint density at radius 2 is 0.917 bits per heavy atom. The minimum absolute atomic E-state index is 0.162. The first kappa shape index (κ1) is 16.5. The second-order valence-corrected chi connectivity index (χ2v) is 5.72. The zero-order valence-corrected chi connectivity index (χ0v) is 12.0.